The van der Waals surface area contributed by atoms with Gasteiger partial charge in [0, 0.05) is 15.8 Å². The van der Waals surface area contributed by atoms with Gasteiger partial charge >= 0.3 is 0 Å². The summed E-state index contributed by atoms with van der Waals surface area (Å²) in [5.41, 5.74) is 2.80. The second-order valence-electron chi connectivity index (χ2n) is 3.61. The number of benzene rings is 1. The van der Waals surface area contributed by atoms with E-state index in [1.54, 1.807) is 11.3 Å². The Morgan fingerprint density at radius 1 is 1.35 bits per heavy atom. The number of alkyl halides is 1. The highest BCUT2D eigenvalue weighted by atomic mass is 79.9. The van der Waals surface area contributed by atoms with E-state index in [0.29, 0.717) is 10.4 Å². The zero-order chi connectivity index (χ0) is 12.4. The topological polar surface area (TPSA) is 0 Å². The van der Waals surface area contributed by atoms with Crippen molar-refractivity contribution in [3.63, 3.8) is 0 Å². The maximum atomic E-state index is 13.3. The van der Waals surface area contributed by atoms with Crippen molar-refractivity contribution < 1.29 is 4.39 Å². The van der Waals surface area contributed by atoms with Crippen molar-refractivity contribution in [2.45, 2.75) is 11.8 Å². The fraction of sp³-hybridized carbons (Fsp3) is 0.154. The van der Waals surface area contributed by atoms with Crippen LogP contribution in [0.1, 0.15) is 10.4 Å². The van der Waals surface area contributed by atoms with Crippen molar-refractivity contribution in [3.8, 4) is 11.1 Å². The van der Waals surface area contributed by atoms with Crippen molar-refractivity contribution in [2.24, 2.45) is 0 Å². The molecule has 1 aromatic carbocycles. The molecule has 0 atom stereocenters. The zero-order valence-electron chi connectivity index (χ0n) is 8.97. The van der Waals surface area contributed by atoms with E-state index in [9.17, 15) is 4.39 Å². The van der Waals surface area contributed by atoms with Gasteiger partial charge in [0.25, 0.3) is 0 Å². The molecule has 0 fully saturated rings. The lowest BCUT2D eigenvalue weighted by molar-refractivity contribution is 0.627. The maximum absolute atomic E-state index is 13.3. The summed E-state index contributed by atoms with van der Waals surface area (Å²) in [4.78, 5) is 1.20. The Bertz CT molecular complexity index is 536. The number of thiophene rings is 1. The molecule has 0 unspecified atom stereocenters. The van der Waals surface area contributed by atoms with Crippen molar-refractivity contribution >= 4 is 38.9 Å². The standard InChI is InChI=1S/C13H10BrClFS/c1-2-11-4-9(7-17-11)13-8(6-14)3-10(16)5-12(13)15/h3-5,7H,1-2,6H2. The fourth-order valence-corrected chi connectivity index (χ4v) is 3.25. The molecule has 0 amide bonds. The summed E-state index contributed by atoms with van der Waals surface area (Å²) in [6, 6.07) is 4.92. The Labute approximate surface area is 118 Å². The van der Waals surface area contributed by atoms with E-state index in [-0.39, 0.29) is 5.82 Å². The van der Waals surface area contributed by atoms with Gasteiger partial charge in [0.05, 0.1) is 5.02 Å². The minimum atomic E-state index is -0.305. The predicted molar refractivity (Wildman–Crippen MR) is 76.4 cm³/mol. The number of hydrogen-bond donors (Lipinski definition) is 0. The number of hydrogen-bond acceptors (Lipinski definition) is 1. The predicted octanol–water partition coefficient (Wildman–Crippen LogP) is 5.48. The zero-order valence-corrected chi connectivity index (χ0v) is 12.1. The molecule has 4 heteroatoms. The number of halogens is 3. The molecule has 2 rings (SSSR count). The normalized spacial score (nSPS) is 10.8. The molecule has 0 bridgehead atoms. The Balaban J connectivity index is 2.57. The molecule has 1 radical (unpaired) electrons. The van der Waals surface area contributed by atoms with Gasteiger partial charge in [0.15, 0.2) is 0 Å². The van der Waals surface area contributed by atoms with Gasteiger partial charge in [-0.05, 0) is 48.1 Å². The van der Waals surface area contributed by atoms with Gasteiger partial charge in [-0.2, -0.15) is 0 Å². The van der Waals surface area contributed by atoms with Crippen LogP contribution in [0.3, 0.4) is 0 Å². The molecule has 0 saturated carbocycles. The molecule has 1 aromatic heterocycles. The van der Waals surface area contributed by atoms with E-state index >= 15 is 0 Å². The van der Waals surface area contributed by atoms with Crippen LogP contribution in [0.2, 0.25) is 5.02 Å². The Hall–Kier alpha value is -0.380. The Morgan fingerprint density at radius 3 is 2.71 bits per heavy atom. The van der Waals surface area contributed by atoms with Crippen LogP contribution < -0.4 is 0 Å². The van der Waals surface area contributed by atoms with E-state index in [2.05, 4.69) is 28.9 Å². The van der Waals surface area contributed by atoms with Crippen LogP contribution >= 0.6 is 38.9 Å². The van der Waals surface area contributed by atoms with Crippen LogP contribution in [-0.4, -0.2) is 0 Å². The molecule has 1 heterocycles. The van der Waals surface area contributed by atoms with Crippen LogP contribution in [0, 0.1) is 12.7 Å². The highest BCUT2D eigenvalue weighted by molar-refractivity contribution is 9.08. The summed E-state index contributed by atoms with van der Waals surface area (Å²) in [5, 5.41) is 3.06. The Morgan fingerprint density at radius 2 is 2.12 bits per heavy atom. The first kappa shape index (κ1) is 13.1. The van der Waals surface area contributed by atoms with Gasteiger partial charge in [-0.25, -0.2) is 4.39 Å². The van der Waals surface area contributed by atoms with Crippen LogP contribution in [0.25, 0.3) is 11.1 Å². The smallest absolute Gasteiger partial charge is 0.125 e. The van der Waals surface area contributed by atoms with E-state index in [0.717, 1.165) is 23.1 Å². The summed E-state index contributed by atoms with van der Waals surface area (Å²) >= 11 is 11.1. The van der Waals surface area contributed by atoms with Crippen LogP contribution in [0.4, 0.5) is 4.39 Å². The van der Waals surface area contributed by atoms with Crippen molar-refractivity contribution in [3.05, 3.63) is 51.8 Å². The monoisotopic (exact) mass is 331 g/mol. The quantitative estimate of drug-likeness (QED) is 0.653. The number of rotatable bonds is 3. The lowest BCUT2D eigenvalue weighted by Crippen LogP contribution is -1.89. The summed E-state index contributed by atoms with van der Waals surface area (Å²) < 4.78 is 13.3. The molecular formula is C13H10BrClFS. The first-order chi connectivity index (χ1) is 8.15. The highest BCUT2D eigenvalue weighted by Gasteiger charge is 2.12. The van der Waals surface area contributed by atoms with Crippen molar-refractivity contribution in [1.29, 1.82) is 0 Å². The lowest BCUT2D eigenvalue weighted by atomic mass is 10.0. The molecule has 0 aliphatic rings. The third-order valence-electron chi connectivity index (χ3n) is 2.47. The van der Waals surface area contributed by atoms with E-state index in [1.165, 1.54) is 17.0 Å². The Kier molecular flexibility index (Phi) is 4.23. The van der Waals surface area contributed by atoms with Crippen molar-refractivity contribution in [1.82, 2.24) is 0 Å². The van der Waals surface area contributed by atoms with Crippen LogP contribution in [0.5, 0.6) is 0 Å². The molecule has 2 aromatic rings. The average Bonchev–Trinajstić information content (AvgIpc) is 2.76. The van der Waals surface area contributed by atoms with E-state index in [4.69, 9.17) is 11.6 Å². The lowest BCUT2D eigenvalue weighted by Gasteiger charge is -2.08. The summed E-state index contributed by atoms with van der Waals surface area (Å²) in [5.74, 6) is -0.305. The molecule has 0 aliphatic carbocycles. The summed E-state index contributed by atoms with van der Waals surface area (Å²) in [7, 11) is 0. The van der Waals surface area contributed by atoms with Crippen LogP contribution in [-0.2, 0) is 11.8 Å². The third kappa shape index (κ3) is 2.72. The molecule has 0 N–H and O–H groups in total. The molecule has 89 valence electrons. The molecular weight excluding hydrogens is 323 g/mol. The van der Waals surface area contributed by atoms with Crippen LogP contribution in [0.15, 0.2) is 23.6 Å². The van der Waals surface area contributed by atoms with Gasteiger partial charge in [0.1, 0.15) is 5.82 Å². The van der Waals surface area contributed by atoms with Crippen molar-refractivity contribution in [2.75, 3.05) is 0 Å². The van der Waals surface area contributed by atoms with Gasteiger partial charge < -0.3 is 0 Å². The molecule has 0 aliphatic heterocycles. The average molecular weight is 333 g/mol. The third-order valence-corrected chi connectivity index (χ3v) is 4.37. The molecule has 0 nitrogen and oxygen atoms in total. The SMILES string of the molecule is [CH2]Cc1cc(-c2c(Cl)cc(F)cc2CBr)cs1. The fourth-order valence-electron chi connectivity index (χ4n) is 1.70. The van der Waals surface area contributed by atoms with E-state index in [1.807, 2.05) is 5.38 Å². The second kappa shape index (κ2) is 5.51. The largest absolute Gasteiger partial charge is 0.207 e. The van der Waals surface area contributed by atoms with Gasteiger partial charge in [-0.3, -0.25) is 0 Å². The molecule has 0 spiro atoms. The first-order valence-electron chi connectivity index (χ1n) is 5.06. The summed E-state index contributed by atoms with van der Waals surface area (Å²) in [6.45, 7) is 3.85. The second-order valence-corrected chi connectivity index (χ2v) is 5.57. The van der Waals surface area contributed by atoms with Gasteiger partial charge in [-0.1, -0.05) is 27.5 Å². The minimum Gasteiger partial charge on any atom is -0.207 e. The molecule has 0 saturated heterocycles. The van der Waals surface area contributed by atoms with E-state index < -0.39 is 0 Å². The molecule has 17 heavy (non-hydrogen) atoms. The highest BCUT2D eigenvalue weighted by Crippen LogP contribution is 2.36. The van der Waals surface area contributed by atoms with Gasteiger partial charge in [0.2, 0.25) is 0 Å². The van der Waals surface area contributed by atoms with Gasteiger partial charge in [-0.15, -0.1) is 11.3 Å². The maximum Gasteiger partial charge on any atom is 0.125 e. The first-order valence-corrected chi connectivity index (χ1v) is 7.44. The minimum absolute atomic E-state index is 0.305. The summed E-state index contributed by atoms with van der Waals surface area (Å²) in [6.07, 6.45) is 0.757.